The van der Waals surface area contributed by atoms with Crippen LogP contribution >= 0.6 is 12.6 Å². The molecule has 14 nitrogen and oxygen atoms in total. The third kappa shape index (κ3) is 12.9. The Kier molecular flexibility index (Phi) is 15.6. The molecule has 0 saturated carbocycles. The lowest BCUT2D eigenvalue weighted by molar-refractivity contribution is -0.142. The fourth-order valence-corrected chi connectivity index (χ4v) is 2.88. The minimum atomic E-state index is -1.25. The van der Waals surface area contributed by atoms with Gasteiger partial charge in [0.1, 0.15) is 24.2 Å². The lowest BCUT2D eigenvalue weighted by Crippen LogP contribution is -2.58. The van der Waals surface area contributed by atoms with Crippen LogP contribution in [-0.4, -0.2) is 89.5 Å². The van der Waals surface area contributed by atoms with E-state index in [1.54, 1.807) is 0 Å². The topological polar surface area (TPSA) is 261 Å². The summed E-state index contributed by atoms with van der Waals surface area (Å²) in [5.41, 5.74) is 21.4. The number of thiol groups is 1. The van der Waals surface area contributed by atoms with E-state index < -0.39 is 54.5 Å². The smallest absolute Gasteiger partial charge is 0.326 e. The largest absolute Gasteiger partial charge is 0.480 e. The highest BCUT2D eigenvalue weighted by molar-refractivity contribution is 7.80. The van der Waals surface area contributed by atoms with Gasteiger partial charge in [0.05, 0.1) is 6.61 Å². The predicted octanol–water partition coefficient (Wildman–Crippen LogP) is -4.04. The van der Waals surface area contributed by atoms with Gasteiger partial charge in [-0.3, -0.25) is 19.4 Å². The van der Waals surface area contributed by atoms with Crippen LogP contribution in [0.1, 0.15) is 32.1 Å². The van der Waals surface area contributed by atoms with Crippen LogP contribution in [0.4, 0.5) is 0 Å². The van der Waals surface area contributed by atoms with Gasteiger partial charge < -0.3 is 49.1 Å². The van der Waals surface area contributed by atoms with Crippen molar-refractivity contribution in [1.29, 1.82) is 0 Å². The van der Waals surface area contributed by atoms with Gasteiger partial charge in [-0.1, -0.05) is 0 Å². The molecule has 0 aliphatic heterocycles. The third-order valence-electron chi connectivity index (χ3n) is 4.49. The quantitative estimate of drug-likeness (QED) is 0.0406. The number of hydrogen-bond acceptors (Lipinski definition) is 9. The number of carboxylic acid groups (broad SMARTS) is 1. The number of unbranched alkanes of at least 4 members (excludes halogenated alkanes) is 1. The Hall–Kier alpha value is -2.62. The number of carbonyl (C=O) groups excluding carboxylic acids is 3. The van der Waals surface area contributed by atoms with Crippen LogP contribution in [0.5, 0.6) is 0 Å². The van der Waals surface area contributed by atoms with Crippen molar-refractivity contribution in [2.75, 3.05) is 25.4 Å². The number of aliphatic imine (C=N–C) groups is 1. The molecule has 15 heteroatoms. The maximum Gasteiger partial charge on any atom is 0.326 e. The molecule has 0 radical (unpaired) electrons. The summed E-state index contributed by atoms with van der Waals surface area (Å²) in [6, 6.07) is -4.64. The number of hydrogen-bond donors (Lipinski definition) is 10. The van der Waals surface area contributed by atoms with Gasteiger partial charge in [-0.2, -0.15) is 12.6 Å². The van der Waals surface area contributed by atoms with Gasteiger partial charge in [-0.15, -0.1) is 0 Å². The fourth-order valence-electron chi connectivity index (χ4n) is 2.62. The molecule has 13 N–H and O–H groups in total. The average molecular weight is 493 g/mol. The number of nitrogens with two attached hydrogens (primary N) is 4. The van der Waals surface area contributed by atoms with E-state index in [2.05, 4.69) is 33.6 Å². The number of amides is 3. The number of nitrogens with one attached hydrogen (secondary N) is 3. The molecule has 190 valence electrons. The minimum Gasteiger partial charge on any atom is -0.480 e. The summed E-state index contributed by atoms with van der Waals surface area (Å²) in [4.78, 5) is 52.6. The Morgan fingerprint density at radius 1 is 0.879 bits per heavy atom. The Bertz CT molecular complexity index is 676. The first-order valence-corrected chi connectivity index (χ1v) is 11.1. The van der Waals surface area contributed by atoms with Crippen molar-refractivity contribution < 1.29 is 29.4 Å². The van der Waals surface area contributed by atoms with E-state index in [9.17, 15) is 24.3 Å². The zero-order valence-corrected chi connectivity index (χ0v) is 19.3. The number of aliphatic carboxylic acids is 1. The highest BCUT2D eigenvalue weighted by atomic mass is 32.1. The first kappa shape index (κ1) is 30.4. The van der Waals surface area contributed by atoms with Gasteiger partial charge in [-0.05, 0) is 38.6 Å². The Balaban J connectivity index is 5.23. The van der Waals surface area contributed by atoms with Crippen LogP contribution in [-0.2, 0) is 19.2 Å². The molecule has 0 bridgehead atoms. The highest BCUT2D eigenvalue weighted by Gasteiger charge is 2.29. The average Bonchev–Trinajstić information content (AvgIpc) is 2.77. The van der Waals surface area contributed by atoms with Gasteiger partial charge >= 0.3 is 5.97 Å². The first-order valence-electron chi connectivity index (χ1n) is 10.4. The summed E-state index contributed by atoms with van der Waals surface area (Å²) in [7, 11) is 0. The van der Waals surface area contributed by atoms with Crippen LogP contribution in [0.2, 0.25) is 0 Å². The standard InChI is InChI=1S/C18H36N8O6S/c19-6-2-1-4-11(24-16(30)13(9-33)26-14(28)10(20)8-27)15(29)25-12(17(31)32)5-3-7-23-18(21)22/h10-13,27,33H,1-9,19-20H2,(H,24,30)(H,25,29)(H,26,28)(H,31,32)(H4,21,22,23). The lowest BCUT2D eigenvalue weighted by atomic mass is 10.1. The molecule has 0 spiro atoms. The number of nitrogens with zero attached hydrogens (tertiary/aromatic N) is 1. The molecule has 0 rings (SSSR count). The maximum atomic E-state index is 12.8. The van der Waals surface area contributed by atoms with E-state index in [-0.39, 0.29) is 31.1 Å². The summed E-state index contributed by atoms with van der Waals surface area (Å²) >= 11 is 4.03. The molecular weight excluding hydrogens is 456 g/mol. The molecule has 0 fully saturated rings. The van der Waals surface area contributed by atoms with Crippen LogP contribution in [0.15, 0.2) is 4.99 Å². The van der Waals surface area contributed by atoms with Crippen molar-refractivity contribution in [3.05, 3.63) is 0 Å². The minimum absolute atomic E-state index is 0.0652. The summed E-state index contributed by atoms with van der Waals surface area (Å²) < 4.78 is 0. The Labute approximate surface area is 197 Å². The van der Waals surface area contributed by atoms with Gasteiger partial charge in [0, 0.05) is 12.3 Å². The van der Waals surface area contributed by atoms with Gasteiger partial charge in [0.25, 0.3) is 0 Å². The van der Waals surface area contributed by atoms with Gasteiger partial charge in [0.15, 0.2) is 5.96 Å². The molecule has 4 unspecified atom stereocenters. The van der Waals surface area contributed by atoms with Crippen LogP contribution in [0.25, 0.3) is 0 Å². The monoisotopic (exact) mass is 492 g/mol. The fraction of sp³-hybridized carbons (Fsp3) is 0.722. The number of rotatable bonds is 17. The van der Waals surface area contributed by atoms with E-state index in [4.69, 9.17) is 28.0 Å². The second-order valence-corrected chi connectivity index (χ2v) is 7.59. The third-order valence-corrected chi connectivity index (χ3v) is 4.85. The molecule has 0 aliphatic carbocycles. The van der Waals surface area contributed by atoms with E-state index >= 15 is 0 Å². The van der Waals surface area contributed by atoms with Gasteiger partial charge in [-0.25, -0.2) is 4.79 Å². The highest BCUT2D eigenvalue weighted by Crippen LogP contribution is 2.05. The zero-order chi connectivity index (χ0) is 25.4. The number of carbonyl (C=O) groups is 4. The van der Waals surface area contributed by atoms with Crippen molar-refractivity contribution in [3.8, 4) is 0 Å². The SMILES string of the molecule is NCCCCC(NC(=O)C(CS)NC(=O)C(N)CO)C(=O)NC(CCCN=C(N)N)C(=O)O. The van der Waals surface area contributed by atoms with E-state index in [0.29, 0.717) is 25.8 Å². The van der Waals surface area contributed by atoms with Crippen LogP contribution in [0, 0.1) is 0 Å². The number of carboxylic acids is 1. The summed E-state index contributed by atoms with van der Waals surface area (Å²) in [6.07, 6.45) is 1.63. The number of aliphatic hydroxyl groups excluding tert-OH is 1. The molecule has 0 heterocycles. The van der Waals surface area contributed by atoms with Crippen molar-refractivity contribution >= 4 is 42.3 Å². The van der Waals surface area contributed by atoms with E-state index in [0.717, 1.165) is 0 Å². The Morgan fingerprint density at radius 3 is 1.94 bits per heavy atom. The molecule has 0 aliphatic rings. The van der Waals surface area contributed by atoms with Crippen molar-refractivity contribution in [2.45, 2.75) is 56.3 Å². The van der Waals surface area contributed by atoms with Gasteiger partial charge in [0.2, 0.25) is 17.7 Å². The summed E-state index contributed by atoms with van der Waals surface area (Å²) in [5, 5.41) is 25.6. The Morgan fingerprint density at radius 2 is 1.42 bits per heavy atom. The predicted molar refractivity (Wildman–Crippen MR) is 125 cm³/mol. The number of guanidine groups is 1. The summed E-state index contributed by atoms with van der Waals surface area (Å²) in [5.74, 6) is -3.66. The maximum absolute atomic E-state index is 12.8. The molecule has 33 heavy (non-hydrogen) atoms. The lowest BCUT2D eigenvalue weighted by Gasteiger charge is -2.24. The van der Waals surface area contributed by atoms with Crippen molar-refractivity contribution in [2.24, 2.45) is 27.9 Å². The molecule has 3 amide bonds. The van der Waals surface area contributed by atoms with Crippen LogP contribution in [0.3, 0.4) is 0 Å². The van der Waals surface area contributed by atoms with Crippen LogP contribution < -0.4 is 38.9 Å². The molecule has 0 aromatic rings. The van der Waals surface area contributed by atoms with E-state index in [1.165, 1.54) is 0 Å². The van der Waals surface area contributed by atoms with E-state index in [1.807, 2.05) is 0 Å². The molecule has 0 saturated heterocycles. The number of aliphatic hydroxyl groups is 1. The molecular formula is C18H36N8O6S. The molecule has 4 atom stereocenters. The second kappa shape index (κ2) is 16.9. The molecule has 0 aromatic heterocycles. The second-order valence-electron chi connectivity index (χ2n) is 7.23. The normalized spacial score (nSPS) is 14.3. The zero-order valence-electron chi connectivity index (χ0n) is 18.4. The van der Waals surface area contributed by atoms with Crippen molar-refractivity contribution in [1.82, 2.24) is 16.0 Å². The summed E-state index contributed by atoms with van der Waals surface area (Å²) in [6.45, 7) is -0.0478. The molecule has 0 aromatic carbocycles. The van der Waals surface area contributed by atoms with Crippen molar-refractivity contribution in [3.63, 3.8) is 0 Å². The first-order chi connectivity index (χ1) is 15.6.